The summed E-state index contributed by atoms with van der Waals surface area (Å²) in [5, 5.41) is 20.6. The van der Waals surface area contributed by atoms with Crippen LogP contribution in [0.1, 0.15) is 35.7 Å². The first-order valence-corrected chi connectivity index (χ1v) is 8.52. The molecule has 2 aromatic heterocycles. The number of furan rings is 1. The highest BCUT2D eigenvalue weighted by Crippen LogP contribution is 2.21. The van der Waals surface area contributed by atoms with Crippen LogP contribution < -0.4 is 16.4 Å². The van der Waals surface area contributed by atoms with E-state index in [-0.39, 0.29) is 12.3 Å². The lowest BCUT2D eigenvalue weighted by atomic mass is 9.99. The van der Waals surface area contributed by atoms with Crippen molar-refractivity contribution in [1.82, 2.24) is 10.6 Å². The molecule has 1 amide bonds. The maximum Gasteiger partial charge on any atom is 0.284 e. The summed E-state index contributed by atoms with van der Waals surface area (Å²) in [6, 6.07) is 5.08. The summed E-state index contributed by atoms with van der Waals surface area (Å²) in [7, 11) is 0. The van der Waals surface area contributed by atoms with Gasteiger partial charge in [0, 0.05) is 6.54 Å². The molecule has 24 heavy (non-hydrogen) atoms. The molecule has 0 saturated carbocycles. The van der Waals surface area contributed by atoms with Crippen molar-refractivity contribution in [3.05, 3.63) is 46.0 Å². The zero-order valence-corrected chi connectivity index (χ0v) is 14.5. The molecule has 0 bridgehead atoms. The summed E-state index contributed by atoms with van der Waals surface area (Å²) in [6.45, 7) is 4.93. The molecule has 5 N–H and O–H groups in total. The van der Waals surface area contributed by atoms with Crippen molar-refractivity contribution in [1.29, 1.82) is 0 Å². The van der Waals surface area contributed by atoms with E-state index in [1.807, 2.05) is 23.8 Å². The Labute approximate surface area is 144 Å². The number of aliphatic hydroxyl groups is 1. The largest absolute Gasteiger partial charge is 0.454 e. The Balaban J connectivity index is 1.98. The van der Waals surface area contributed by atoms with E-state index in [2.05, 4.69) is 15.6 Å². The second kappa shape index (κ2) is 7.98. The summed E-state index contributed by atoms with van der Waals surface area (Å²) < 4.78 is 5.29. The number of carbonyl (C=O) groups is 1. The highest BCUT2D eigenvalue weighted by molar-refractivity contribution is 7.08. The first kappa shape index (κ1) is 18.0. The predicted octanol–water partition coefficient (Wildman–Crippen LogP) is 1.40. The highest BCUT2D eigenvalue weighted by Gasteiger charge is 2.23. The van der Waals surface area contributed by atoms with Crippen LogP contribution in [0.15, 0.2) is 38.4 Å². The molecular formula is C16H22N4O3S. The molecule has 130 valence electrons. The zero-order chi connectivity index (χ0) is 17.6. The molecule has 0 aliphatic carbocycles. The Morgan fingerprint density at radius 2 is 2.21 bits per heavy atom. The minimum atomic E-state index is -1.000. The van der Waals surface area contributed by atoms with Crippen LogP contribution in [0, 0.1) is 0 Å². The maximum atomic E-state index is 11.0. The average Bonchev–Trinajstić information content (AvgIpc) is 3.21. The summed E-state index contributed by atoms with van der Waals surface area (Å²) >= 11 is 1.54. The van der Waals surface area contributed by atoms with Gasteiger partial charge in [-0.3, -0.25) is 4.79 Å². The number of guanidine groups is 1. The van der Waals surface area contributed by atoms with Crippen molar-refractivity contribution in [2.45, 2.75) is 26.0 Å². The summed E-state index contributed by atoms with van der Waals surface area (Å²) in [4.78, 5) is 15.4. The molecule has 0 fully saturated rings. The van der Waals surface area contributed by atoms with Crippen molar-refractivity contribution < 1.29 is 14.3 Å². The minimum absolute atomic E-state index is 0.110. The van der Waals surface area contributed by atoms with Crippen molar-refractivity contribution in [3.63, 3.8) is 0 Å². The van der Waals surface area contributed by atoms with Crippen LogP contribution >= 0.6 is 11.3 Å². The van der Waals surface area contributed by atoms with Gasteiger partial charge in [0.05, 0.1) is 6.54 Å². The van der Waals surface area contributed by atoms with Gasteiger partial charge in [-0.2, -0.15) is 11.3 Å². The molecule has 0 aliphatic rings. The Kier molecular flexibility index (Phi) is 5.99. The van der Waals surface area contributed by atoms with Gasteiger partial charge in [-0.1, -0.05) is 0 Å². The topological polar surface area (TPSA) is 113 Å². The van der Waals surface area contributed by atoms with Crippen LogP contribution in [0.25, 0.3) is 0 Å². The Hall–Kier alpha value is -2.32. The normalized spacial score (nSPS) is 14.2. The molecule has 0 saturated heterocycles. The molecule has 2 aromatic rings. The van der Waals surface area contributed by atoms with Gasteiger partial charge < -0.3 is 25.9 Å². The molecule has 2 rings (SSSR count). The van der Waals surface area contributed by atoms with E-state index in [1.165, 1.54) is 17.4 Å². The van der Waals surface area contributed by atoms with Gasteiger partial charge in [-0.15, -0.1) is 0 Å². The number of hydrogen-bond donors (Lipinski definition) is 4. The third-order valence-corrected chi connectivity index (χ3v) is 4.07. The van der Waals surface area contributed by atoms with Crippen molar-refractivity contribution in [2.75, 3.05) is 13.1 Å². The fourth-order valence-corrected chi connectivity index (χ4v) is 2.81. The van der Waals surface area contributed by atoms with E-state index in [0.29, 0.717) is 24.8 Å². The van der Waals surface area contributed by atoms with Crippen molar-refractivity contribution >= 4 is 23.2 Å². The number of nitrogens with two attached hydrogens (primary N) is 1. The van der Waals surface area contributed by atoms with Gasteiger partial charge in [-0.25, -0.2) is 4.99 Å². The van der Waals surface area contributed by atoms with Gasteiger partial charge in [0.25, 0.3) is 5.91 Å². The number of primary amides is 1. The molecular weight excluding hydrogens is 328 g/mol. The number of hydrogen-bond acceptors (Lipinski definition) is 5. The van der Waals surface area contributed by atoms with Crippen LogP contribution in [-0.2, 0) is 12.1 Å². The number of aliphatic imine (C=N–C) groups is 1. The fourth-order valence-electron chi connectivity index (χ4n) is 2.02. The average molecular weight is 350 g/mol. The maximum absolute atomic E-state index is 11.0. The summed E-state index contributed by atoms with van der Waals surface area (Å²) in [6.07, 6.45) is 0. The van der Waals surface area contributed by atoms with E-state index >= 15 is 0 Å². The lowest BCUT2D eigenvalue weighted by molar-refractivity contribution is 0.0621. The van der Waals surface area contributed by atoms with Crippen LogP contribution in [-0.4, -0.2) is 30.1 Å². The number of amides is 1. The first-order valence-electron chi connectivity index (χ1n) is 7.58. The first-order chi connectivity index (χ1) is 11.4. The quantitative estimate of drug-likeness (QED) is 0.445. The highest BCUT2D eigenvalue weighted by atomic mass is 32.1. The predicted molar refractivity (Wildman–Crippen MR) is 93.9 cm³/mol. The molecule has 0 spiro atoms. The van der Waals surface area contributed by atoms with Crippen LogP contribution in [0.4, 0.5) is 0 Å². The van der Waals surface area contributed by atoms with Crippen LogP contribution in [0.3, 0.4) is 0 Å². The van der Waals surface area contributed by atoms with Crippen molar-refractivity contribution in [2.24, 2.45) is 10.7 Å². The third-order valence-electron chi connectivity index (χ3n) is 3.38. The minimum Gasteiger partial charge on any atom is -0.454 e. The van der Waals surface area contributed by atoms with E-state index in [4.69, 9.17) is 10.2 Å². The van der Waals surface area contributed by atoms with Gasteiger partial charge in [0.2, 0.25) is 0 Å². The number of nitrogens with zero attached hydrogens (tertiary/aromatic N) is 1. The van der Waals surface area contributed by atoms with Gasteiger partial charge in [-0.05, 0) is 48.4 Å². The number of nitrogens with one attached hydrogen (secondary N) is 2. The zero-order valence-electron chi connectivity index (χ0n) is 13.7. The van der Waals surface area contributed by atoms with Crippen molar-refractivity contribution in [3.8, 4) is 0 Å². The summed E-state index contributed by atoms with van der Waals surface area (Å²) in [5.74, 6) is 0.580. The third kappa shape index (κ3) is 4.84. The lowest BCUT2D eigenvalue weighted by Crippen LogP contribution is -2.44. The summed E-state index contributed by atoms with van der Waals surface area (Å²) in [5.41, 5.74) is 5.01. The van der Waals surface area contributed by atoms with Crippen LogP contribution in [0.5, 0.6) is 0 Å². The van der Waals surface area contributed by atoms with E-state index in [1.54, 1.807) is 13.0 Å². The van der Waals surface area contributed by atoms with E-state index < -0.39 is 11.5 Å². The molecule has 1 unspecified atom stereocenters. The Bertz CT molecular complexity index is 692. The second-order valence-electron chi connectivity index (χ2n) is 5.46. The Morgan fingerprint density at radius 3 is 2.79 bits per heavy atom. The number of thiophene rings is 1. The molecule has 0 aliphatic heterocycles. The number of rotatable bonds is 7. The van der Waals surface area contributed by atoms with E-state index in [0.717, 1.165) is 5.56 Å². The monoisotopic (exact) mass is 350 g/mol. The molecule has 0 aromatic carbocycles. The molecule has 1 atom stereocenters. The smallest absolute Gasteiger partial charge is 0.284 e. The molecule has 7 nitrogen and oxygen atoms in total. The van der Waals surface area contributed by atoms with Crippen LogP contribution in [0.2, 0.25) is 0 Å². The van der Waals surface area contributed by atoms with Gasteiger partial charge in [0.1, 0.15) is 17.9 Å². The number of carbonyl (C=O) groups excluding carboxylic acids is 1. The standard InChI is InChI=1S/C16H22N4O3S/c1-3-18-15(19-8-12-4-5-13(23-12)14(17)21)20-10-16(2,22)11-6-7-24-9-11/h4-7,9,22H,3,8,10H2,1-2H3,(H2,17,21)(H2,18,19,20). The second-order valence-corrected chi connectivity index (χ2v) is 6.24. The molecule has 8 heteroatoms. The van der Waals surface area contributed by atoms with Gasteiger partial charge >= 0.3 is 0 Å². The Morgan fingerprint density at radius 1 is 1.42 bits per heavy atom. The molecule has 2 heterocycles. The molecule has 0 radical (unpaired) electrons. The fraction of sp³-hybridized carbons (Fsp3) is 0.375. The SMILES string of the molecule is CCNC(=NCc1ccc(C(N)=O)o1)NCC(C)(O)c1ccsc1. The lowest BCUT2D eigenvalue weighted by Gasteiger charge is -2.24. The van der Waals surface area contributed by atoms with E-state index in [9.17, 15) is 9.90 Å². The van der Waals surface area contributed by atoms with Gasteiger partial charge in [0.15, 0.2) is 11.7 Å².